The zero-order chi connectivity index (χ0) is 13.3. The molecule has 1 amide bonds. The summed E-state index contributed by atoms with van der Waals surface area (Å²) in [7, 11) is 1.28. The maximum absolute atomic E-state index is 11.6. The van der Waals surface area contributed by atoms with Crippen molar-refractivity contribution in [2.75, 3.05) is 19.1 Å². The molecule has 0 unspecified atom stereocenters. The van der Waals surface area contributed by atoms with Crippen molar-refractivity contribution in [2.24, 2.45) is 0 Å². The Morgan fingerprint density at radius 3 is 2.65 bits per heavy atom. The monoisotopic (exact) mass is 329 g/mol. The first-order valence-corrected chi connectivity index (χ1v) is 9.42. The number of hydrogen-bond acceptors (Lipinski definition) is 5. The molecular weight excluding hydrogens is 309 g/mol. The Labute approximate surface area is 112 Å². The van der Waals surface area contributed by atoms with Gasteiger partial charge in [-0.05, 0) is 0 Å². The summed E-state index contributed by atoms with van der Waals surface area (Å²) in [6.45, 7) is 0. The van der Waals surface area contributed by atoms with E-state index in [1.807, 2.05) is 12.1 Å². The third-order valence-electron chi connectivity index (χ3n) is 2.04. The first-order chi connectivity index (χ1) is 8.06. The van der Waals surface area contributed by atoms with Crippen LogP contribution in [0.15, 0.2) is 0 Å². The molecule has 0 saturated carbocycles. The molecule has 2 atom stereocenters. The minimum absolute atomic E-state index is 0.219. The fourth-order valence-corrected chi connectivity index (χ4v) is 2.58. The molecular formula is C10H19NO4SSe. The van der Waals surface area contributed by atoms with Gasteiger partial charge in [0.2, 0.25) is 0 Å². The van der Waals surface area contributed by atoms with Crippen LogP contribution in [0.4, 0.5) is 0 Å². The Morgan fingerprint density at radius 1 is 1.53 bits per heavy atom. The van der Waals surface area contributed by atoms with Gasteiger partial charge >= 0.3 is 112 Å². The second-order valence-electron chi connectivity index (χ2n) is 3.34. The van der Waals surface area contributed by atoms with Crippen LogP contribution in [0.1, 0.15) is 6.42 Å². The average molecular weight is 328 g/mol. The van der Waals surface area contributed by atoms with Crippen molar-refractivity contribution in [1.82, 2.24) is 5.32 Å². The fraction of sp³-hybridized carbons (Fsp3) is 0.800. The molecule has 0 radical (unpaired) electrons. The molecule has 0 aromatic carbocycles. The van der Waals surface area contributed by atoms with Crippen LogP contribution in [0.25, 0.3) is 0 Å². The van der Waals surface area contributed by atoms with Gasteiger partial charge in [-0.3, -0.25) is 0 Å². The first-order valence-electron chi connectivity index (χ1n) is 5.11. The molecule has 0 aromatic rings. The van der Waals surface area contributed by atoms with Gasteiger partial charge < -0.3 is 0 Å². The Kier molecular flexibility index (Phi) is 9.63. The minimum atomic E-state index is -1.03. The van der Waals surface area contributed by atoms with Crippen molar-refractivity contribution >= 4 is 38.6 Å². The quantitative estimate of drug-likeness (QED) is 0.482. The van der Waals surface area contributed by atoms with Gasteiger partial charge in [0.1, 0.15) is 0 Å². The standard InChI is InChI=1S/C10H19NO4SSe/c1-15-10(14)7(4-5-16-2)11-9(13)8(12)6-17-3/h7-8,12H,4-6H2,1-3H3,(H,11,13)/t7-,8-/m0/s1. The summed E-state index contributed by atoms with van der Waals surface area (Å²) >= 11 is 1.80. The van der Waals surface area contributed by atoms with E-state index in [4.69, 9.17) is 0 Å². The number of carbonyl (C=O) groups is 2. The van der Waals surface area contributed by atoms with Gasteiger partial charge in [-0.15, -0.1) is 0 Å². The van der Waals surface area contributed by atoms with Crippen molar-refractivity contribution in [1.29, 1.82) is 0 Å². The van der Waals surface area contributed by atoms with Crippen LogP contribution in [-0.2, 0) is 14.3 Å². The zero-order valence-electron chi connectivity index (χ0n) is 10.3. The van der Waals surface area contributed by atoms with Gasteiger partial charge in [0, 0.05) is 0 Å². The van der Waals surface area contributed by atoms with E-state index in [0.717, 1.165) is 5.75 Å². The van der Waals surface area contributed by atoms with Gasteiger partial charge in [-0.1, -0.05) is 0 Å². The molecule has 0 spiro atoms. The van der Waals surface area contributed by atoms with Crippen molar-refractivity contribution in [3.63, 3.8) is 0 Å². The van der Waals surface area contributed by atoms with Gasteiger partial charge in [-0.25, -0.2) is 0 Å². The summed E-state index contributed by atoms with van der Waals surface area (Å²) in [5.74, 6) is 1.72. The van der Waals surface area contributed by atoms with E-state index >= 15 is 0 Å². The van der Waals surface area contributed by atoms with E-state index in [9.17, 15) is 14.7 Å². The molecule has 17 heavy (non-hydrogen) atoms. The molecule has 0 aromatic heterocycles. The van der Waals surface area contributed by atoms with Crippen LogP contribution < -0.4 is 5.32 Å². The number of ether oxygens (including phenoxy) is 1. The van der Waals surface area contributed by atoms with Gasteiger partial charge in [0.15, 0.2) is 0 Å². The normalized spacial score (nSPS) is 13.9. The number of esters is 1. The topological polar surface area (TPSA) is 75.6 Å². The molecule has 0 saturated heterocycles. The first kappa shape index (κ1) is 16.8. The number of hydrogen-bond donors (Lipinski definition) is 2. The van der Waals surface area contributed by atoms with Crippen LogP contribution in [0.2, 0.25) is 11.1 Å². The second-order valence-corrected chi connectivity index (χ2v) is 6.23. The Hall–Kier alpha value is -0.231. The second kappa shape index (κ2) is 9.76. The van der Waals surface area contributed by atoms with Gasteiger partial charge in [0.05, 0.1) is 0 Å². The summed E-state index contributed by atoms with van der Waals surface area (Å²) < 4.78 is 4.61. The van der Waals surface area contributed by atoms with Crippen LogP contribution in [0.3, 0.4) is 0 Å². The predicted molar refractivity (Wildman–Crippen MR) is 69.4 cm³/mol. The fourth-order valence-electron chi connectivity index (χ4n) is 1.13. The van der Waals surface area contributed by atoms with Crippen LogP contribution in [0.5, 0.6) is 0 Å². The van der Waals surface area contributed by atoms with Crippen LogP contribution >= 0.6 is 11.8 Å². The van der Waals surface area contributed by atoms with E-state index < -0.39 is 24.0 Å². The van der Waals surface area contributed by atoms with E-state index in [1.54, 1.807) is 11.8 Å². The van der Waals surface area contributed by atoms with Crippen LogP contribution in [0, 0.1) is 0 Å². The third kappa shape index (κ3) is 6.93. The van der Waals surface area contributed by atoms with Crippen molar-refractivity contribution in [2.45, 2.75) is 29.7 Å². The molecule has 0 heterocycles. The number of thioether (sulfide) groups is 1. The summed E-state index contributed by atoms with van der Waals surface area (Å²) in [6, 6.07) is -0.668. The van der Waals surface area contributed by atoms with Crippen molar-refractivity contribution in [3.8, 4) is 0 Å². The molecule has 100 valence electrons. The van der Waals surface area contributed by atoms with E-state index in [-0.39, 0.29) is 15.0 Å². The summed E-state index contributed by atoms with van der Waals surface area (Å²) in [5.41, 5.74) is 0. The Morgan fingerprint density at radius 2 is 2.18 bits per heavy atom. The molecule has 0 aliphatic carbocycles. The Bertz CT molecular complexity index is 252. The molecule has 0 rings (SSSR count). The van der Waals surface area contributed by atoms with E-state index in [1.165, 1.54) is 7.11 Å². The number of carbonyl (C=O) groups excluding carboxylic acids is 2. The zero-order valence-corrected chi connectivity index (χ0v) is 12.8. The number of nitrogens with one attached hydrogen (secondary N) is 1. The average Bonchev–Trinajstić information content (AvgIpc) is 2.33. The third-order valence-corrected chi connectivity index (χ3v) is 4.05. The van der Waals surface area contributed by atoms with Gasteiger partial charge in [-0.2, -0.15) is 0 Å². The number of amides is 1. The van der Waals surface area contributed by atoms with E-state index in [2.05, 4.69) is 10.1 Å². The van der Waals surface area contributed by atoms with Crippen molar-refractivity contribution < 1.29 is 19.4 Å². The summed E-state index contributed by atoms with van der Waals surface area (Å²) in [5, 5.41) is 12.5. The molecule has 7 heteroatoms. The summed E-state index contributed by atoms with van der Waals surface area (Å²) in [6.07, 6.45) is 1.40. The molecule has 2 N–H and O–H groups in total. The van der Waals surface area contributed by atoms with Crippen LogP contribution in [-0.4, -0.2) is 63.2 Å². The molecule has 0 aliphatic rings. The van der Waals surface area contributed by atoms with Gasteiger partial charge in [0.25, 0.3) is 0 Å². The number of rotatable bonds is 8. The SMILES string of the molecule is COC(=O)[C@H](CCSC)NC(=O)[C@@H](O)C[Se]C. The molecule has 0 aliphatic heterocycles. The number of aliphatic hydroxyl groups excluding tert-OH is 1. The van der Waals surface area contributed by atoms with E-state index in [0.29, 0.717) is 11.7 Å². The molecule has 5 nitrogen and oxygen atoms in total. The van der Waals surface area contributed by atoms with Crippen molar-refractivity contribution in [3.05, 3.63) is 0 Å². The predicted octanol–water partition coefficient (Wildman–Crippen LogP) is -0.0712. The maximum atomic E-state index is 11.6. The summed E-state index contributed by atoms with van der Waals surface area (Å²) in [4.78, 5) is 23.0. The molecule has 0 fully saturated rings. The number of methoxy groups -OCH3 is 1. The Balaban J connectivity index is 4.31. The molecule has 0 bridgehead atoms. The number of aliphatic hydroxyl groups is 1.